The van der Waals surface area contributed by atoms with E-state index in [1.165, 1.54) is 23.4 Å². The van der Waals surface area contributed by atoms with Gasteiger partial charge in [-0.05, 0) is 42.3 Å². The molecule has 2 aromatic carbocycles. The third kappa shape index (κ3) is 3.52. The molecule has 2 heterocycles. The molecule has 0 bridgehead atoms. The summed E-state index contributed by atoms with van der Waals surface area (Å²) in [5, 5.41) is 2.66. The van der Waals surface area contributed by atoms with Crippen LogP contribution in [0.4, 0.5) is 15.8 Å². The van der Waals surface area contributed by atoms with Crippen LogP contribution in [0.5, 0.6) is 0 Å². The molecule has 2 aromatic rings. The molecule has 1 fully saturated rings. The van der Waals surface area contributed by atoms with E-state index in [0.717, 1.165) is 13.1 Å². The number of halogens is 1. The number of hydrogen-bond donors (Lipinski definition) is 1. The Morgan fingerprint density at radius 3 is 2.63 bits per heavy atom. The van der Waals surface area contributed by atoms with Gasteiger partial charge in [0.05, 0.1) is 5.92 Å². The van der Waals surface area contributed by atoms with Gasteiger partial charge in [0.15, 0.2) is 0 Å². The number of nitrogens with zero attached hydrogens (tertiary/aromatic N) is 2. The Morgan fingerprint density at radius 2 is 1.89 bits per heavy atom. The fourth-order valence-corrected chi connectivity index (χ4v) is 3.89. The van der Waals surface area contributed by atoms with Crippen LogP contribution in [0.2, 0.25) is 0 Å². The predicted molar refractivity (Wildman–Crippen MR) is 102 cm³/mol. The first-order valence-electron chi connectivity index (χ1n) is 9.21. The first-order valence-corrected chi connectivity index (χ1v) is 9.21. The van der Waals surface area contributed by atoms with E-state index in [4.69, 9.17) is 0 Å². The minimum atomic E-state index is -0.542. The number of nitrogens with one attached hydrogen (secondary N) is 1. The third-order valence-electron chi connectivity index (χ3n) is 5.31. The highest BCUT2D eigenvalue weighted by molar-refractivity contribution is 6.01. The largest absolute Gasteiger partial charge is 0.368 e. The minimum absolute atomic E-state index is 0.0541. The first kappa shape index (κ1) is 17.5. The quantitative estimate of drug-likeness (QED) is 0.888. The SMILES string of the molecule is Cc1cccc(N2CCN(C(=O)[C@@H]3CC(=O)Nc4cc(F)ccc43)CC2)c1. The van der Waals surface area contributed by atoms with Gasteiger partial charge in [0.2, 0.25) is 11.8 Å². The van der Waals surface area contributed by atoms with E-state index in [1.54, 1.807) is 6.07 Å². The molecule has 4 rings (SSSR count). The van der Waals surface area contributed by atoms with Crippen LogP contribution < -0.4 is 10.2 Å². The summed E-state index contributed by atoms with van der Waals surface area (Å²) in [5.41, 5.74) is 3.48. The van der Waals surface area contributed by atoms with Crippen LogP contribution in [0.3, 0.4) is 0 Å². The number of amides is 2. The van der Waals surface area contributed by atoms with E-state index < -0.39 is 11.7 Å². The summed E-state index contributed by atoms with van der Waals surface area (Å²) in [6, 6.07) is 12.6. The number of hydrogen-bond acceptors (Lipinski definition) is 3. The number of aryl methyl sites for hydroxylation is 1. The van der Waals surface area contributed by atoms with Crippen molar-refractivity contribution in [2.24, 2.45) is 0 Å². The van der Waals surface area contributed by atoms with Crippen molar-refractivity contribution in [3.63, 3.8) is 0 Å². The monoisotopic (exact) mass is 367 g/mol. The molecule has 27 heavy (non-hydrogen) atoms. The second kappa shape index (κ2) is 7.02. The summed E-state index contributed by atoms with van der Waals surface area (Å²) in [6.45, 7) is 4.80. The number of anilines is 2. The molecule has 2 aliphatic heterocycles. The molecule has 0 radical (unpaired) electrons. The summed E-state index contributed by atoms with van der Waals surface area (Å²) in [5.74, 6) is -1.26. The molecular weight excluding hydrogens is 345 g/mol. The highest BCUT2D eigenvalue weighted by Gasteiger charge is 2.34. The van der Waals surface area contributed by atoms with E-state index in [2.05, 4.69) is 35.3 Å². The molecule has 0 aromatic heterocycles. The summed E-state index contributed by atoms with van der Waals surface area (Å²) in [7, 11) is 0. The maximum atomic E-state index is 13.5. The van der Waals surface area contributed by atoms with E-state index >= 15 is 0 Å². The smallest absolute Gasteiger partial charge is 0.230 e. The van der Waals surface area contributed by atoms with Crippen molar-refractivity contribution in [2.45, 2.75) is 19.3 Å². The van der Waals surface area contributed by atoms with Crippen molar-refractivity contribution in [3.8, 4) is 0 Å². The molecule has 0 aliphatic carbocycles. The minimum Gasteiger partial charge on any atom is -0.368 e. The number of carbonyl (C=O) groups is 2. The predicted octanol–water partition coefficient (Wildman–Crippen LogP) is 2.91. The van der Waals surface area contributed by atoms with Gasteiger partial charge in [-0.15, -0.1) is 0 Å². The zero-order valence-corrected chi connectivity index (χ0v) is 15.2. The fourth-order valence-electron chi connectivity index (χ4n) is 3.89. The summed E-state index contributed by atoms with van der Waals surface area (Å²) < 4.78 is 13.5. The van der Waals surface area contributed by atoms with E-state index in [0.29, 0.717) is 24.3 Å². The molecular formula is C21H22FN3O2. The Balaban J connectivity index is 1.48. The van der Waals surface area contributed by atoms with Crippen molar-refractivity contribution >= 4 is 23.2 Å². The zero-order chi connectivity index (χ0) is 19.0. The van der Waals surface area contributed by atoms with Crippen LogP contribution in [0.15, 0.2) is 42.5 Å². The lowest BCUT2D eigenvalue weighted by Gasteiger charge is -2.38. The van der Waals surface area contributed by atoms with Crippen LogP contribution in [-0.4, -0.2) is 42.9 Å². The van der Waals surface area contributed by atoms with Crippen LogP contribution in [0, 0.1) is 12.7 Å². The first-order chi connectivity index (χ1) is 13.0. The maximum Gasteiger partial charge on any atom is 0.230 e. The number of fused-ring (bicyclic) bond motifs is 1. The standard InChI is InChI=1S/C21H22FN3O2/c1-14-3-2-4-16(11-14)24-7-9-25(10-8-24)21(27)18-13-20(26)23-19-12-15(22)5-6-17(18)19/h2-6,11-12,18H,7-10,13H2,1H3,(H,23,26)/t18-/m1/s1. The van der Waals surface area contributed by atoms with Gasteiger partial charge in [-0.3, -0.25) is 9.59 Å². The van der Waals surface area contributed by atoms with E-state index in [9.17, 15) is 14.0 Å². The van der Waals surface area contributed by atoms with Gasteiger partial charge >= 0.3 is 0 Å². The topological polar surface area (TPSA) is 52.7 Å². The Morgan fingerprint density at radius 1 is 1.11 bits per heavy atom. The molecule has 1 saturated heterocycles. The third-order valence-corrected chi connectivity index (χ3v) is 5.31. The highest BCUT2D eigenvalue weighted by atomic mass is 19.1. The van der Waals surface area contributed by atoms with Crippen molar-refractivity contribution in [3.05, 3.63) is 59.4 Å². The molecule has 1 atom stereocenters. The van der Waals surface area contributed by atoms with Gasteiger partial charge in [-0.2, -0.15) is 0 Å². The Bertz CT molecular complexity index is 891. The molecule has 0 spiro atoms. The maximum absolute atomic E-state index is 13.5. The fraction of sp³-hybridized carbons (Fsp3) is 0.333. The molecule has 0 unspecified atom stereocenters. The molecule has 6 heteroatoms. The summed E-state index contributed by atoms with van der Waals surface area (Å²) >= 11 is 0. The Labute approximate surface area is 157 Å². The molecule has 1 N–H and O–H groups in total. The number of benzene rings is 2. The average molecular weight is 367 g/mol. The van der Waals surface area contributed by atoms with Gasteiger partial charge in [0.25, 0.3) is 0 Å². The normalized spacial score (nSPS) is 19.5. The summed E-state index contributed by atoms with van der Waals surface area (Å²) in [6.07, 6.45) is 0.107. The zero-order valence-electron chi connectivity index (χ0n) is 15.2. The van der Waals surface area contributed by atoms with Crippen LogP contribution in [-0.2, 0) is 9.59 Å². The average Bonchev–Trinajstić information content (AvgIpc) is 2.66. The molecule has 2 amide bonds. The summed E-state index contributed by atoms with van der Waals surface area (Å²) in [4.78, 5) is 29.2. The van der Waals surface area contributed by atoms with Gasteiger partial charge in [0, 0.05) is 44.0 Å². The molecule has 5 nitrogen and oxygen atoms in total. The lowest BCUT2D eigenvalue weighted by molar-refractivity contribution is -0.135. The Hall–Kier alpha value is -2.89. The van der Waals surface area contributed by atoms with Crippen LogP contribution >= 0.6 is 0 Å². The van der Waals surface area contributed by atoms with Crippen molar-refractivity contribution in [1.82, 2.24) is 4.90 Å². The lowest BCUT2D eigenvalue weighted by Crippen LogP contribution is -2.50. The lowest BCUT2D eigenvalue weighted by atomic mass is 9.89. The van der Waals surface area contributed by atoms with Gasteiger partial charge in [-0.1, -0.05) is 18.2 Å². The number of carbonyl (C=O) groups excluding carboxylic acids is 2. The van der Waals surface area contributed by atoms with E-state index in [1.807, 2.05) is 11.0 Å². The second-order valence-electron chi connectivity index (χ2n) is 7.19. The Kier molecular flexibility index (Phi) is 4.56. The molecule has 140 valence electrons. The van der Waals surface area contributed by atoms with Gasteiger partial charge in [0.1, 0.15) is 5.82 Å². The molecule has 0 saturated carbocycles. The van der Waals surface area contributed by atoms with Crippen molar-refractivity contribution in [2.75, 3.05) is 36.4 Å². The van der Waals surface area contributed by atoms with Crippen LogP contribution in [0.1, 0.15) is 23.5 Å². The van der Waals surface area contributed by atoms with Crippen LogP contribution in [0.25, 0.3) is 0 Å². The van der Waals surface area contributed by atoms with Crippen molar-refractivity contribution < 1.29 is 14.0 Å². The number of rotatable bonds is 2. The highest BCUT2D eigenvalue weighted by Crippen LogP contribution is 2.34. The molecule has 2 aliphatic rings. The van der Waals surface area contributed by atoms with Gasteiger partial charge < -0.3 is 15.1 Å². The second-order valence-corrected chi connectivity index (χ2v) is 7.19. The number of piperazine rings is 1. The van der Waals surface area contributed by atoms with Gasteiger partial charge in [-0.25, -0.2) is 4.39 Å². The van der Waals surface area contributed by atoms with Crippen molar-refractivity contribution in [1.29, 1.82) is 0 Å². The van der Waals surface area contributed by atoms with E-state index in [-0.39, 0.29) is 18.2 Å².